The monoisotopic (exact) mass is 425 g/mol. The molecule has 0 N–H and O–H groups in total. The number of imidazole rings is 1. The molecular formula is C26H27N5O. The van der Waals surface area contributed by atoms with Crippen LogP contribution in [-0.4, -0.2) is 31.4 Å². The summed E-state index contributed by atoms with van der Waals surface area (Å²) in [6, 6.07) is 17.2. The predicted octanol–water partition coefficient (Wildman–Crippen LogP) is 4.96. The molecule has 1 aliphatic heterocycles. The maximum Gasteiger partial charge on any atom is 0.143 e. The van der Waals surface area contributed by atoms with E-state index in [9.17, 15) is 0 Å². The van der Waals surface area contributed by atoms with Crippen molar-refractivity contribution in [2.75, 3.05) is 7.11 Å². The van der Waals surface area contributed by atoms with Crippen LogP contribution in [0, 0.1) is 6.92 Å². The van der Waals surface area contributed by atoms with Gasteiger partial charge >= 0.3 is 0 Å². The molecule has 0 aliphatic carbocycles. The summed E-state index contributed by atoms with van der Waals surface area (Å²) in [5.41, 5.74) is 4.36. The maximum atomic E-state index is 5.63. The van der Waals surface area contributed by atoms with E-state index in [2.05, 4.69) is 74.4 Å². The quantitative estimate of drug-likeness (QED) is 0.438. The fourth-order valence-electron chi connectivity index (χ4n) is 4.47. The van der Waals surface area contributed by atoms with Gasteiger partial charge in [0.05, 0.1) is 30.9 Å². The first-order valence-corrected chi connectivity index (χ1v) is 11.1. The number of benzene rings is 2. The van der Waals surface area contributed by atoms with Crippen molar-refractivity contribution in [3.05, 3.63) is 95.6 Å². The maximum absolute atomic E-state index is 5.63. The van der Waals surface area contributed by atoms with Crippen LogP contribution in [0.5, 0.6) is 5.75 Å². The van der Waals surface area contributed by atoms with Crippen LogP contribution < -0.4 is 4.74 Å². The molecule has 5 rings (SSSR count). The van der Waals surface area contributed by atoms with Crippen LogP contribution in [0.1, 0.15) is 47.4 Å². The van der Waals surface area contributed by atoms with Gasteiger partial charge in [0.1, 0.15) is 17.4 Å². The van der Waals surface area contributed by atoms with E-state index in [1.807, 2.05) is 23.8 Å². The third-order valence-corrected chi connectivity index (χ3v) is 6.02. The Bertz CT molecular complexity index is 1240. The fraction of sp³-hybridized carbons (Fsp3) is 0.269. The molecular weight excluding hydrogens is 398 g/mol. The normalized spacial score (nSPS) is 15.8. The molecule has 0 saturated heterocycles. The van der Waals surface area contributed by atoms with Gasteiger partial charge in [-0.25, -0.2) is 4.98 Å². The van der Waals surface area contributed by atoms with Crippen LogP contribution in [0.15, 0.2) is 67.1 Å². The molecule has 0 fully saturated rings. The molecule has 0 amide bonds. The molecule has 2 aromatic carbocycles. The first-order valence-electron chi connectivity index (χ1n) is 11.1. The molecule has 6 nitrogen and oxygen atoms in total. The zero-order valence-electron chi connectivity index (χ0n) is 18.5. The van der Waals surface area contributed by atoms with E-state index in [0.717, 1.165) is 60.0 Å². The van der Waals surface area contributed by atoms with E-state index in [4.69, 9.17) is 4.74 Å². The predicted molar refractivity (Wildman–Crippen MR) is 125 cm³/mol. The van der Waals surface area contributed by atoms with Crippen molar-refractivity contribution in [2.24, 2.45) is 0 Å². The van der Waals surface area contributed by atoms with Gasteiger partial charge in [0, 0.05) is 19.0 Å². The number of ether oxygens (including phenoxy) is 1. The number of fused-ring (bicyclic) bond motifs is 1. The Morgan fingerprint density at radius 2 is 2.00 bits per heavy atom. The van der Waals surface area contributed by atoms with Crippen LogP contribution in [0.4, 0.5) is 0 Å². The van der Waals surface area contributed by atoms with Gasteiger partial charge in [-0.15, -0.1) is 10.2 Å². The minimum absolute atomic E-state index is 0.316. The molecule has 0 saturated carbocycles. The lowest BCUT2D eigenvalue weighted by Gasteiger charge is -2.26. The van der Waals surface area contributed by atoms with Crippen LogP contribution in [0.25, 0.3) is 11.8 Å². The van der Waals surface area contributed by atoms with Crippen molar-refractivity contribution in [2.45, 2.75) is 38.6 Å². The molecule has 6 heteroatoms. The molecule has 1 aliphatic rings. The minimum Gasteiger partial charge on any atom is -0.495 e. The van der Waals surface area contributed by atoms with Crippen molar-refractivity contribution in [1.82, 2.24) is 24.3 Å². The standard InChI is InChI=1S/C26H27N5O/c1-19-17-30(18-27-19)23-15-14-20(16-24(23)32-2)8-6-12-25-28-29-26-13-7-11-22(31(25)26)21-9-4-3-5-10-21/h3-6,8-10,14-18,22H,7,11-13H2,1-2H3/b8-6+/t22-/m0/s1. The van der Waals surface area contributed by atoms with Gasteiger partial charge in [0.15, 0.2) is 0 Å². The molecule has 0 spiro atoms. The van der Waals surface area contributed by atoms with E-state index in [0.29, 0.717) is 6.04 Å². The van der Waals surface area contributed by atoms with Crippen LogP contribution in [0.3, 0.4) is 0 Å². The van der Waals surface area contributed by atoms with Crippen molar-refractivity contribution < 1.29 is 4.74 Å². The van der Waals surface area contributed by atoms with E-state index in [-0.39, 0.29) is 0 Å². The second kappa shape index (κ2) is 8.83. The summed E-state index contributed by atoms with van der Waals surface area (Å²) in [6.07, 6.45) is 12.1. The summed E-state index contributed by atoms with van der Waals surface area (Å²) < 4.78 is 9.95. The Morgan fingerprint density at radius 1 is 1.12 bits per heavy atom. The molecule has 162 valence electrons. The second-order valence-electron chi connectivity index (χ2n) is 8.18. The highest BCUT2D eigenvalue weighted by atomic mass is 16.5. The number of nitrogens with zero attached hydrogens (tertiary/aromatic N) is 5. The second-order valence-corrected chi connectivity index (χ2v) is 8.18. The van der Waals surface area contributed by atoms with Gasteiger partial charge < -0.3 is 13.9 Å². The van der Waals surface area contributed by atoms with Crippen molar-refractivity contribution >= 4 is 6.08 Å². The Morgan fingerprint density at radius 3 is 2.78 bits per heavy atom. The SMILES string of the molecule is COc1cc(/C=C/Cc2nnc3n2[C@H](c2ccccc2)CCC3)ccc1-n1cnc(C)c1. The zero-order chi connectivity index (χ0) is 21.9. The molecule has 0 unspecified atom stereocenters. The van der Waals surface area contributed by atoms with E-state index >= 15 is 0 Å². The molecule has 3 heterocycles. The van der Waals surface area contributed by atoms with Gasteiger partial charge in [-0.05, 0) is 43.0 Å². The Kier molecular flexibility index (Phi) is 5.58. The van der Waals surface area contributed by atoms with Gasteiger partial charge in [0.2, 0.25) is 0 Å². The Balaban J connectivity index is 1.37. The van der Waals surface area contributed by atoms with Crippen LogP contribution in [0.2, 0.25) is 0 Å². The van der Waals surface area contributed by atoms with Crippen molar-refractivity contribution in [1.29, 1.82) is 0 Å². The highest BCUT2D eigenvalue weighted by Gasteiger charge is 2.25. The number of hydrogen-bond donors (Lipinski definition) is 0. The summed E-state index contributed by atoms with van der Waals surface area (Å²) in [7, 11) is 1.70. The lowest BCUT2D eigenvalue weighted by molar-refractivity contribution is 0.413. The molecule has 0 bridgehead atoms. The van der Waals surface area contributed by atoms with E-state index < -0.39 is 0 Å². The van der Waals surface area contributed by atoms with Crippen LogP contribution in [-0.2, 0) is 12.8 Å². The van der Waals surface area contributed by atoms with Crippen LogP contribution >= 0.6 is 0 Å². The Hall–Kier alpha value is -3.67. The van der Waals surface area contributed by atoms with E-state index in [1.165, 1.54) is 5.56 Å². The number of hydrogen-bond acceptors (Lipinski definition) is 4. The summed E-state index contributed by atoms with van der Waals surface area (Å²) >= 11 is 0. The lowest BCUT2D eigenvalue weighted by Crippen LogP contribution is -2.21. The number of allylic oxidation sites excluding steroid dienone is 1. The summed E-state index contributed by atoms with van der Waals surface area (Å²) in [5.74, 6) is 2.92. The topological polar surface area (TPSA) is 57.8 Å². The molecule has 32 heavy (non-hydrogen) atoms. The highest BCUT2D eigenvalue weighted by molar-refractivity contribution is 5.58. The third kappa shape index (κ3) is 3.96. The summed E-state index contributed by atoms with van der Waals surface area (Å²) in [5, 5.41) is 9.00. The lowest BCUT2D eigenvalue weighted by atomic mass is 9.97. The number of methoxy groups -OCH3 is 1. The van der Waals surface area contributed by atoms with E-state index in [1.54, 1.807) is 13.4 Å². The smallest absolute Gasteiger partial charge is 0.143 e. The first-order chi connectivity index (χ1) is 15.7. The fourth-order valence-corrected chi connectivity index (χ4v) is 4.47. The molecule has 4 aromatic rings. The molecule has 1 atom stereocenters. The largest absolute Gasteiger partial charge is 0.495 e. The number of aryl methyl sites for hydroxylation is 2. The Labute approximate surface area is 188 Å². The van der Waals surface area contributed by atoms with Gasteiger partial charge in [-0.3, -0.25) is 0 Å². The average Bonchev–Trinajstić information content (AvgIpc) is 3.46. The minimum atomic E-state index is 0.316. The number of aromatic nitrogens is 5. The average molecular weight is 426 g/mol. The summed E-state index contributed by atoms with van der Waals surface area (Å²) in [6.45, 7) is 1.98. The van der Waals surface area contributed by atoms with Gasteiger partial charge in [-0.1, -0.05) is 48.6 Å². The van der Waals surface area contributed by atoms with Crippen molar-refractivity contribution in [3.8, 4) is 11.4 Å². The first kappa shape index (κ1) is 20.2. The van der Waals surface area contributed by atoms with Crippen molar-refractivity contribution in [3.63, 3.8) is 0 Å². The van der Waals surface area contributed by atoms with Gasteiger partial charge in [0.25, 0.3) is 0 Å². The highest BCUT2D eigenvalue weighted by Crippen LogP contribution is 2.31. The van der Waals surface area contributed by atoms with Gasteiger partial charge in [-0.2, -0.15) is 0 Å². The third-order valence-electron chi connectivity index (χ3n) is 6.02. The zero-order valence-corrected chi connectivity index (χ0v) is 18.5. The summed E-state index contributed by atoms with van der Waals surface area (Å²) in [4.78, 5) is 4.31. The molecule has 0 radical (unpaired) electrons. The molecule has 2 aromatic heterocycles. The number of rotatable bonds is 6.